The fourth-order valence-corrected chi connectivity index (χ4v) is 1.38. The van der Waals surface area contributed by atoms with Gasteiger partial charge in [-0.25, -0.2) is 4.98 Å². The fourth-order valence-electron chi connectivity index (χ4n) is 1.13. The summed E-state index contributed by atoms with van der Waals surface area (Å²) >= 11 is 5.91. The first-order valence-electron chi connectivity index (χ1n) is 4.17. The minimum absolute atomic E-state index is 0.367. The molecule has 1 aliphatic rings. The molecule has 1 unspecified atom stereocenters. The van der Waals surface area contributed by atoms with E-state index in [0.717, 1.165) is 6.29 Å². The van der Waals surface area contributed by atoms with Crippen molar-refractivity contribution in [1.82, 2.24) is 10.4 Å². The lowest BCUT2D eigenvalue weighted by molar-refractivity contribution is -0.108. The molecule has 0 fully saturated rings. The van der Waals surface area contributed by atoms with Gasteiger partial charge >= 0.3 is 0 Å². The van der Waals surface area contributed by atoms with Gasteiger partial charge in [-0.05, 0) is 6.07 Å². The van der Waals surface area contributed by atoms with E-state index in [-0.39, 0.29) is 0 Å². The van der Waals surface area contributed by atoms with Crippen LogP contribution in [0.4, 0.5) is 11.5 Å². The van der Waals surface area contributed by atoms with Crippen molar-refractivity contribution in [3.05, 3.63) is 17.3 Å². The SMILES string of the molecule is Nc1cnc(N2N=CC(C=O)N2)c(Cl)c1. The Morgan fingerprint density at radius 2 is 2.47 bits per heavy atom. The number of nitrogens with zero attached hydrogens (tertiary/aromatic N) is 3. The van der Waals surface area contributed by atoms with Crippen molar-refractivity contribution >= 4 is 35.6 Å². The second-order valence-corrected chi connectivity index (χ2v) is 3.35. The number of anilines is 2. The molecule has 2 heterocycles. The molecule has 3 N–H and O–H groups in total. The molecule has 2 rings (SSSR count). The number of aromatic nitrogens is 1. The molecule has 0 amide bonds. The zero-order valence-electron chi connectivity index (χ0n) is 7.59. The highest BCUT2D eigenvalue weighted by Gasteiger charge is 2.20. The van der Waals surface area contributed by atoms with Gasteiger partial charge in [0.25, 0.3) is 0 Å². The van der Waals surface area contributed by atoms with E-state index in [1.807, 2.05) is 0 Å². The van der Waals surface area contributed by atoms with E-state index in [2.05, 4.69) is 15.5 Å². The van der Waals surface area contributed by atoms with Crippen LogP contribution in [0, 0.1) is 0 Å². The van der Waals surface area contributed by atoms with E-state index in [4.69, 9.17) is 17.3 Å². The third-order valence-electron chi connectivity index (χ3n) is 1.80. The van der Waals surface area contributed by atoms with Gasteiger partial charge in [0.2, 0.25) is 0 Å². The van der Waals surface area contributed by atoms with Crippen LogP contribution < -0.4 is 16.3 Å². The van der Waals surface area contributed by atoms with Gasteiger partial charge in [-0.15, -0.1) is 0 Å². The molecule has 0 aliphatic carbocycles. The third-order valence-corrected chi connectivity index (χ3v) is 2.08. The number of pyridine rings is 1. The average Bonchev–Trinajstić information content (AvgIpc) is 2.66. The maximum absolute atomic E-state index is 10.5. The molecule has 0 spiro atoms. The number of carbonyl (C=O) groups excluding carboxylic acids is 1. The van der Waals surface area contributed by atoms with Crippen LogP contribution in [0.15, 0.2) is 17.4 Å². The summed E-state index contributed by atoms with van der Waals surface area (Å²) in [6.07, 6.45) is 3.66. The summed E-state index contributed by atoms with van der Waals surface area (Å²) in [6, 6.07) is 1.12. The number of hydrazine groups is 1. The van der Waals surface area contributed by atoms with Gasteiger partial charge in [0.05, 0.1) is 23.1 Å². The highest BCUT2D eigenvalue weighted by Crippen LogP contribution is 2.24. The van der Waals surface area contributed by atoms with Crippen LogP contribution in [0.25, 0.3) is 0 Å². The molecule has 0 radical (unpaired) electrons. The first-order chi connectivity index (χ1) is 7.20. The monoisotopic (exact) mass is 225 g/mol. The fraction of sp³-hybridized carbons (Fsp3) is 0.125. The lowest BCUT2D eigenvalue weighted by Gasteiger charge is -2.15. The summed E-state index contributed by atoms with van der Waals surface area (Å²) in [4.78, 5) is 14.5. The Morgan fingerprint density at radius 3 is 3.07 bits per heavy atom. The smallest absolute Gasteiger partial charge is 0.185 e. The molecule has 15 heavy (non-hydrogen) atoms. The highest BCUT2D eigenvalue weighted by atomic mass is 35.5. The van der Waals surface area contributed by atoms with E-state index in [9.17, 15) is 4.79 Å². The van der Waals surface area contributed by atoms with Crippen molar-refractivity contribution in [2.45, 2.75) is 6.04 Å². The zero-order chi connectivity index (χ0) is 10.8. The van der Waals surface area contributed by atoms with Crippen LogP contribution in [0.1, 0.15) is 0 Å². The quantitative estimate of drug-likeness (QED) is 0.703. The number of halogens is 1. The number of nitrogens with one attached hydrogen (secondary N) is 1. The molecule has 0 saturated heterocycles. The van der Waals surface area contributed by atoms with Gasteiger partial charge in [0.15, 0.2) is 5.82 Å². The minimum atomic E-state index is -0.444. The van der Waals surface area contributed by atoms with Crippen LogP contribution in [-0.4, -0.2) is 23.5 Å². The third kappa shape index (κ3) is 1.90. The molecule has 0 aromatic carbocycles. The number of rotatable bonds is 2. The Kier molecular flexibility index (Phi) is 2.53. The molecule has 1 aromatic rings. The number of hydrazone groups is 1. The van der Waals surface area contributed by atoms with E-state index in [1.165, 1.54) is 17.5 Å². The molecule has 1 atom stereocenters. The Balaban J connectivity index is 2.25. The minimum Gasteiger partial charge on any atom is -0.397 e. The molecule has 1 aromatic heterocycles. The van der Waals surface area contributed by atoms with Crippen LogP contribution in [0.2, 0.25) is 5.02 Å². The standard InChI is InChI=1S/C8H8ClN5O/c9-7-1-5(10)2-11-8(7)14-12-3-6(4-15)13-14/h1-4,6,13H,10H2. The maximum Gasteiger partial charge on any atom is 0.185 e. The number of carbonyl (C=O) groups is 1. The van der Waals surface area contributed by atoms with E-state index < -0.39 is 6.04 Å². The average molecular weight is 226 g/mol. The Labute approximate surface area is 90.7 Å². The van der Waals surface area contributed by atoms with Crippen molar-refractivity contribution in [2.24, 2.45) is 5.10 Å². The Morgan fingerprint density at radius 1 is 1.67 bits per heavy atom. The lowest BCUT2D eigenvalue weighted by atomic mass is 10.4. The lowest BCUT2D eigenvalue weighted by Crippen LogP contribution is -2.37. The molecule has 78 valence electrons. The second kappa shape index (κ2) is 3.84. The van der Waals surface area contributed by atoms with Crippen molar-refractivity contribution < 1.29 is 4.79 Å². The van der Waals surface area contributed by atoms with Crippen LogP contribution in [0.5, 0.6) is 0 Å². The van der Waals surface area contributed by atoms with Gasteiger partial charge in [-0.2, -0.15) is 15.6 Å². The normalized spacial score (nSPS) is 19.5. The predicted molar refractivity (Wildman–Crippen MR) is 57.6 cm³/mol. The number of nitrogen functional groups attached to an aromatic ring is 1. The summed E-state index contributed by atoms with van der Waals surface area (Å²) in [7, 11) is 0. The van der Waals surface area contributed by atoms with Crippen molar-refractivity contribution in [3.8, 4) is 0 Å². The zero-order valence-corrected chi connectivity index (χ0v) is 8.35. The summed E-state index contributed by atoms with van der Waals surface area (Å²) in [5.74, 6) is 0.409. The summed E-state index contributed by atoms with van der Waals surface area (Å²) in [5.41, 5.74) is 8.74. The topological polar surface area (TPSA) is 83.6 Å². The number of aldehydes is 1. The molecule has 6 nitrogen and oxygen atoms in total. The summed E-state index contributed by atoms with van der Waals surface area (Å²) in [5, 5.41) is 5.63. The highest BCUT2D eigenvalue weighted by molar-refractivity contribution is 6.33. The first-order valence-corrected chi connectivity index (χ1v) is 4.55. The summed E-state index contributed by atoms with van der Waals surface area (Å²) in [6.45, 7) is 0. The van der Waals surface area contributed by atoms with Crippen molar-refractivity contribution in [1.29, 1.82) is 0 Å². The number of nitrogens with two attached hydrogens (primary N) is 1. The number of hydrogen-bond donors (Lipinski definition) is 2. The molecule has 1 aliphatic heterocycles. The van der Waals surface area contributed by atoms with Crippen molar-refractivity contribution in [2.75, 3.05) is 10.9 Å². The van der Waals surface area contributed by atoms with E-state index in [1.54, 1.807) is 6.07 Å². The van der Waals surface area contributed by atoms with E-state index >= 15 is 0 Å². The van der Waals surface area contributed by atoms with Gasteiger partial charge in [-0.3, -0.25) is 0 Å². The second-order valence-electron chi connectivity index (χ2n) is 2.94. The predicted octanol–water partition coefficient (Wildman–Crippen LogP) is 0.195. The molecular formula is C8H8ClN5O. The van der Waals surface area contributed by atoms with Crippen LogP contribution >= 0.6 is 11.6 Å². The molecule has 0 bridgehead atoms. The van der Waals surface area contributed by atoms with Crippen molar-refractivity contribution in [3.63, 3.8) is 0 Å². The largest absolute Gasteiger partial charge is 0.397 e. The molecule has 7 heteroatoms. The van der Waals surface area contributed by atoms with Gasteiger partial charge in [0, 0.05) is 0 Å². The molecule has 0 saturated carbocycles. The van der Waals surface area contributed by atoms with Crippen LogP contribution in [0.3, 0.4) is 0 Å². The molecular weight excluding hydrogens is 218 g/mol. The Bertz CT molecular complexity index is 421. The Hall–Kier alpha value is -1.66. The number of hydrogen-bond acceptors (Lipinski definition) is 6. The maximum atomic E-state index is 10.5. The van der Waals surface area contributed by atoms with E-state index in [0.29, 0.717) is 16.5 Å². The van der Waals surface area contributed by atoms with Gasteiger partial charge in [-0.1, -0.05) is 11.6 Å². The summed E-state index contributed by atoms with van der Waals surface area (Å²) < 4.78 is 0. The first kappa shape index (κ1) is 9.88. The van der Waals surface area contributed by atoms with Crippen LogP contribution in [-0.2, 0) is 4.79 Å². The van der Waals surface area contributed by atoms with Gasteiger partial charge < -0.3 is 10.5 Å². The van der Waals surface area contributed by atoms with Gasteiger partial charge in [0.1, 0.15) is 12.3 Å².